The Hall–Kier alpha value is -2.82. The lowest BCUT2D eigenvalue weighted by atomic mass is 10.2. The third kappa shape index (κ3) is 2.45. The summed E-state index contributed by atoms with van der Waals surface area (Å²) in [4.78, 5) is 10.7. The van der Waals surface area contributed by atoms with Gasteiger partial charge in [0.1, 0.15) is 5.75 Å². The van der Waals surface area contributed by atoms with E-state index in [1.807, 2.05) is 41.1 Å². The molecule has 0 saturated heterocycles. The monoisotopic (exact) mass is 282 g/mol. The van der Waals surface area contributed by atoms with E-state index in [0.29, 0.717) is 11.9 Å². The molecule has 0 atom stereocenters. The van der Waals surface area contributed by atoms with Crippen molar-refractivity contribution in [3.05, 3.63) is 70.4 Å². The normalized spacial score (nSPS) is 10.7. The Bertz CT molecular complexity index is 808. The number of rotatable bonds is 4. The molecule has 0 fully saturated rings. The molecule has 0 amide bonds. The lowest BCUT2D eigenvalue weighted by Crippen LogP contribution is -1.98. The number of hydrogen-bond acceptors (Lipinski definition) is 3. The van der Waals surface area contributed by atoms with E-state index in [1.54, 1.807) is 19.2 Å². The van der Waals surface area contributed by atoms with Crippen molar-refractivity contribution in [3.63, 3.8) is 0 Å². The first-order chi connectivity index (χ1) is 10.2. The van der Waals surface area contributed by atoms with E-state index in [-0.39, 0.29) is 10.6 Å². The van der Waals surface area contributed by atoms with E-state index in [9.17, 15) is 10.1 Å². The second kappa shape index (κ2) is 5.28. The second-order valence-corrected chi connectivity index (χ2v) is 4.76. The molecule has 0 unspecified atom stereocenters. The Labute approximate surface area is 121 Å². The van der Waals surface area contributed by atoms with Crippen molar-refractivity contribution in [1.82, 2.24) is 4.57 Å². The fraction of sp³-hybridized carbons (Fsp3) is 0.125. The van der Waals surface area contributed by atoms with Gasteiger partial charge in [0.2, 0.25) is 0 Å². The number of nitro groups is 1. The average molecular weight is 282 g/mol. The SMILES string of the molecule is COc1cccc(Cn2ccc3c([N+](=O)[O-])cccc32)c1. The van der Waals surface area contributed by atoms with E-state index >= 15 is 0 Å². The summed E-state index contributed by atoms with van der Waals surface area (Å²) in [5.41, 5.74) is 2.07. The van der Waals surface area contributed by atoms with Crippen LogP contribution in [0.4, 0.5) is 5.69 Å². The molecule has 5 nitrogen and oxygen atoms in total. The van der Waals surface area contributed by atoms with Crippen LogP contribution in [0.25, 0.3) is 10.9 Å². The van der Waals surface area contributed by atoms with Gasteiger partial charge in [-0.2, -0.15) is 0 Å². The highest BCUT2D eigenvalue weighted by atomic mass is 16.6. The topological polar surface area (TPSA) is 57.3 Å². The summed E-state index contributed by atoms with van der Waals surface area (Å²) in [7, 11) is 1.63. The van der Waals surface area contributed by atoms with Gasteiger partial charge in [-0.1, -0.05) is 18.2 Å². The smallest absolute Gasteiger partial charge is 0.278 e. The van der Waals surface area contributed by atoms with Crippen molar-refractivity contribution in [3.8, 4) is 5.75 Å². The van der Waals surface area contributed by atoms with Gasteiger partial charge < -0.3 is 9.30 Å². The number of methoxy groups -OCH3 is 1. The molecule has 2 aromatic carbocycles. The van der Waals surface area contributed by atoms with Gasteiger partial charge in [-0.25, -0.2) is 0 Å². The van der Waals surface area contributed by atoms with E-state index in [1.165, 1.54) is 6.07 Å². The predicted octanol–water partition coefficient (Wildman–Crippen LogP) is 3.61. The molecule has 0 spiro atoms. The molecule has 3 rings (SSSR count). The quantitative estimate of drug-likeness (QED) is 0.542. The summed E-state index contributed by atoms with van der Waals surface area (Å²) in [6.45, 7) is 0.641. The maximum absolute atomic E-state index is 11.0. The highest BCUT2D eigenvalue weighted by molar-refractivity contribution is 5.89. The Balaban J connectivity index is 2.01. The fourth-order valence-corrected chi connectivity index (χ4v) is 2.47. The zero-order chi connectivity index (χ0) is 14.8. The standard InChI is InChI=1S/C16H14N2O3/c1-21-13-5-2-4-12(10-13)11-17-9-8-14-15(17)6-3-7-16(14)18(19)20/h2-10H,11H2,1H3. The zero-order valence-corrected chi connectivity index (χ0v) is 11.5. The first-order valence-corrected chi connectivity index (χ1v) is 6.54. The summed E-state index contributed by atoms with van der Waals surface area (Å²) in [6, 6.07) is 14.7. The van der Waals surface area contributed by atoms with E-state index < -0.39 is 0 Å². The maximum Gasteiger partial charge on any atom is 0.278 e. The van der Waals surface area contributed by atoms with Crippen LogP contribution in [0.3, 0.4) is 0 Å². The summed E-state index contributed by atoms with van der Waals surface area (Å²) >= 11 is 0. The van der Waals surface area contributed by atoms with Crippen LogP contribution in [0.2, 0.25) is 0 Å². The predicted molar refractivity (Wildman–Crippen MR) is 80.7 cm³/mol. The molecule has 1 heterocycles. The lowest BCUT2D eigenvalue weighted by molar-refractivity contribution is -0.383. The molecule has 5 heteroatoms. The molecular weight excluding hydrogens is 268 g/mol. The van der Waals surface area contributed by atoms with Crippen molar-refractivity contribution in [2.24, 2.45) is 0 Å². The van der Waals surface area contributed by atoms with E-state index in [0.717, 1.165) is 16.8 Å². The first kappa shape index (κ1) is 13.2. The Morgan fingerprint density at radius 3 is 2.76 bits per heavy atom. The van der Waals surface area contributed by atoms with Crippen molar-refractivity contribution >= 4 is 16.6 Å². The Morgan fingerprint density at radius 2 is 2.00 bits per heavy atom. The molecule has 0 N–H and O–H groups in total. The largest absolute Gasteiger partial charge is 0.497 e. The van der Waals surface area contributed by atoms with Crippen LogP contribution in [0.5, 0.6) is 5.75 Å². The minimum Gasteiger partial charge on any atom is -0.497 e. The lowest BCUT2D eigenvalue weighted by Gasteiger charge is -2.07. The van der Waals surface area contributed by atoms with E-state index in [4.69, 9.17) is 4.74 Å². The summed E-state index contributed by atoms with van der Waals surface area (Å²) in [5, 5.41) is 11.7. The molecular formula is C16H14N2O3. The minimum atomic E-state index is -0.349. The fourth-order valence-electron chi connectivity index (χ4n) is 2.47. The molecule has 0 aliphatic rings. The highest BCUT2D eigenvalue weighted by Gasteiger charge is 2.13. The molecule has 0 radical (unpaired) electrons. The molecule has 3 aromatic rings. The van der Waals surface area contributed by atoms with Gasteiger partial charge in [0.25, 0.3) is 5.69 Å². The van der Waals surface area contributed by atoms with Gasteiger partial charge in [0.05, 0.1) is 22.9 Å². The highest BCUT2D eigenvalue weighted by Crippen LogP contribution is 2.27. The third-order valence-electron chi connectivity index (χ3n) is 3.47. The van der Waals surface area contributed by atoms with Gasteiger partial charge in [0.15, 0.2) is 0 Å². The van der Waals surface area contributed by atoms with Crippen LogP contribution in [0, 0.1) is 10.1 Å². The number of non-ortho nitro benzene ring substituents is 1. The first-order valence-electron chi connectivity index (χ1n) is 6.54. The van der Waals surface area contributed by atoms with Crippen LogP contribution >= 0.6 is 0 Å². The number of nitro benzene ring substituents is 1. The zero-order valence-electron chi connectivity index (χ0n) is 11.5. The van der Waals surface area contributed by atoms with Gasteiger partial charge >= 0.3 is 0 Å². The van der Waals surface area contributed by atoms with Crippen LogP contribution in [0.1, 0.15) is 5.56 Å². The molecule has 1 aromatic heterocycles. The van der Waals surface area contributed by atoms with Gasteiger partial charge in [-0.15, -0.1) is 0 Å². The number of aromatic nitrogens is 1. The van der Waals surface area contributed by atoms with Crippen LogP contribution < -0.4 is 4.74 Å². The Morgan fingerprint density at radius 1 is 1.19 bits per heavy atom. The molecule has 0 saturated carbocycles. The third-order valence-corrected chi connectivity index (χ3v) is 3.47. The van der Waals surface area contributed by atoms with Crippen LogP contribution in [-0.2, 0) is 6.54 Å². The van der Waals surface area contributed by atoms with Crippen molar-refractivity contribution in [1.29, 1.82) is 0 Å². The summed E-state index contributed by atoms with van der Waals surface area (Å²) in [6.07, 6.45) is 1.87. The molecule has 0 bridgehead atoms. The number of nitrogens with zero attached hydrogens (tertiary/aromatic N) is 2. The molecule has 106 valence electrons. The molecule has 21 heavy (non-hydrogen) atoms. The number of benzene rings is 2. The van der Waals surface area contributed by atoms with Crippen LogP contribution in [0.15, 0.2) is 54.7 Å². The Kier molecular flexibility index (Phi) is 3.31. The van der Waals surface area contributed by atoms with Gasteiger partial charge in [-0.3, -0.25) is 10.1 Å². The van der Waals surface area contributed by atoms with Crippen LogP contribution in [-0.4, -0.2) is 16.6 Å². The summed E-state index contributed by atoms with van der Waals surface area (Å²) in [5.74, 6) is 0.801. The van der Waals surface area contributed by atoms with Gasteiger partial charge in [0, 0.05) is 18.8 Å². The minimum absolute atomic E-state index is 0.136. The van der Waals surface area contributed by atoms with E-state index in [2.05, 4.69) is 0 Å². The average Bonchev–Trinajstić information content (AvgIpc) is 2.90. The number of hydrogen-bond donors (Lipinski definition) is 0. The second-order valence-electron chi connectivity index (χ2n) is 4.76. The van der Waals surface area contributed by atoms with Gasteiger partial charge in [-0.05, 0) is 29.8 Å². The molecule has 0 aliphatic carbocycles. The van der Waals surface area contributed by atoms with Crippen molar-refractivity contribution in [2.45, 2.75) is 6.54 Å². The molecule has 0 aliphatic heterocycles. The number of ether oxygens (including phenoxy) is 1. The van der Waals surface area contributed by atoms with Crippen molar-refractivity contribution < 1.29 is 9.66 Å². The maximum atomic E-state index is 11.0. The number of fused-ring (bicyclic) bond motifs is 1. The summed E-state index contributed by atoms with van der Waals surface area (Å²) < 4.78 is 7.21. The van der Waals surface area contributed by atoms with Crippen molar-refractivity contribution in [2.75, 3.05) is 7.11 Å².